The highest BCUT2D eigenvalue weighted by Crippen LogP contribution is 2.35. The molecule has 0 atom stereocenters. The molecule has 0 fully saturated rings. The minimum absolute atomic E-state index is 0.120. The van der Waals surface area contributed by atoms with Gasteiger partial charge in [0.1, 0.15) is 0 Å². The van der Waals surface area contributed by atoms with Gasteiger partial charge in [0.2, 0.25) is 0 Å². The molecule has 0 heterocycles. The van der Waals surface area contributed by atoms with Crippen LogP contribution in [0.1, 0.15) is 5.56 Å². The number of nitro benzene ring substituents is 1. The van der Waals surface area contributed by atoms with Crippen LogP contribution in [0.3, 0.4) is 0 Å². The van der Waals surface area contributed by atoms with Crippen molar-refractivity contribution in [3.63, 3.8) is 0 Å². The highest BCUT2D eigenvalue weighted by atomic mass is 79.9. The second-order valence-corrected chi connectivity index (χ2v) is 6.07. The molecule has 0 aromatic heterocycles. The zero-order chi connectivity index (χ0) is 11.8. The van der Waals surface area contributed by atoms with Crippen LogP contribution in [-0.2, 0) is 9.05 Å². The highest BCUT2D eigenvalue weighted by Gasteiger charge is 2.27. The van der Waals surface area contributed by atoms with Crippen molar-refractivity contribution >= 4 is 41.4 Å². The van der Waals surface area contributed by atoms with Crippen molar-refractivity contribution in [2.75, 3.05) is 0 Å². The molecule has 0 aliphatic heterocycles. The van der Waals surface area contributed by atoms with Gasteiger partial charge in [0.15, 0.2) is 4.90 Å². The summed E-state index contributed by atoms with van der Waals surface area (Å²) in [7, 11) is 0.962. The summed E-state index contributed by atoms with van der Waals surface area (Å²) in [5, 5.41) is 10.7. The van der Waals surface area contributed by atoms with Gasteiger partial charge in [-0.1, -0.05) is 6.07 Å². The number of hydrogen-bond donors (Lipinski definition) is 0. The zero-order valence-corrected chi connectivity index (χ0v) is 10.6. The van der Waals surface area contributed by atoms with E-state index in [1.807, 2.05) is 0 Å². The molecule has 1 aromatic carbocycles. The van der Waals surface area contributed by atoms with E-state index in [9.17, 15) is 18.5 Å². The Balaban J connectivity index is 3.70. The summed E-state index contributed by atoms with van der Waals surface area (Å²) in [6.45, 7) is 1.61. The predicted molar refractivity (Wildman–Crippen MR) is 58.6 cm³/mol. The molecule has 0 radical (unpaired) electrons. The van der Waals surface area contributed by atoms with E-state index >= 15 is 0 Å². The Morgan fingerprint density at radius 2 is 2.00 bits per heavy atom. The molecule has 15 heavy (non-hydrogen) atoms. The average Bonchev–Trinajstić information content (AvgIpc) is 2.06. The summed E-state index contributed by atoms with van der Waals surface area (Å²) in [4.78, 5) is 9.40. The van der Waals surface area contributed by atoms with Crippen LogP contribution in [0.4, 0.5) is 5.69 Å². The van der Waals surface area contributed by atoms with Gasteiger partial charge in [-0.15, -0.1) is 0 Å². The van der Waals surface area contributed by atoms with Crippen LogP contribution in [0, 0.1) is 17.0 Å². The summed E-state index contributed by atoms with van der Waals surface area (Å²) >= 11 is 2.96. The van der Waals surface area contributed by atoms with Gasteiger partial charge < -0.3 is 0 Å². The maximum atomic E-state index is 11.1. The van der Waals surface area contributed by atoms with Gasteiger partial charge in [0.25, 0.3) is 9.05 Å². The number of nitro groups is 1. The second-order valence-electron chi connectivity index (χ2n) is 2.74. The van der Waals surface area contributed by atoms with Crippen LogP contribution in [0.15, 0.2) is 21.5 Å². The zero-order valence-electron chi connectivity index (χ0n) is 7.40. The first kappa shape index (κ1) is 12.4. The molecule has 0 amide bonds. The number of aryl methyl sites for hydroxylation is 1. The highest BCUT2D eigenvalue weighted by molar-refractivity contribution is 9.10. The molecular formula is C7H5BrClNO4S. The average molecular weight is 315 g/mol. The standard InChI is InChI=1S/C7H5BrClNO4S/c1-4-2-3-5(15(9,13)14)7(6(4)8)10(11)12/h2-3H,1H3. The van der Waals surface area contributed by atoms with E-state index in [4.69, 9.17) is 10.7 Å². The maximum absolute atomic E-state index is 11.1. The molecule has 0 aliphatic carbocycles. The number of nitrogens with zero attached hydrogens (tertiary/aromatic N) is 1. The van der Waals surface area contributed by atoms with Crippen molar-refractivity contribution in [2.24, 2.45) is 0 Å². The quantitative estimate of drug-likeness (QED) is 0.477. The topological polar surface area (TPSA) is 77.3 Å². The lowest BCUT2D eigenvalue weighted by Crippen LogP contribution is -2.00. The maximum Gasteiger partial charge on any atom is 0.303 e. The fourth-order valence-electron chi connectivity index (χ4n) is 1.01. The molecule has 0 saturated heterocycles. The van der Waals surface area contributed by atoms with Gasteiger partial charge in [0, 0.05) is 10.7 Å². The van der Waals surface area contributed by atoms with Crippen LogP contribution >= 0.6 is 26.6 Å². The third kappa shape index (κ3) is 2.47. The van der Waals surface area contributed by atoms with E-state index < -0.39 is 24.6 Å². The summed E-state index contributed by atoms with van der Waals surface area (Å²) in [5.41, 5.74) is 0.0239. The van der Waals surface area contributed by atoms with E-state index in [1.54, 1.807) is 6.92 Å². The van der Waals surface area contributed by atoms with Gasteiger partial charge in [-0.05, 0) is 34.5 Å². The van der Waals surface area contributed by atoms with Crippen molar-refractivity contribution in [2.45, 2.75) is 11.8 Å². The first-order valence-corrected chi connectivity index (χ1v) is 6.73. The summed E-state index contributed by atoms with van der Waals surface area (Å²) in [6, 6.07) is 2.55. The van der Waals surface area contributed by atoms with Gasteiger partial charge in [-0.25, -0.2) is 8.42 Å². The summed E-state index contributed by atoms with van der Waals surface area (Å²) < 4.78 is 22.2. The minimum atomic E-state index is -4.12. The summed E-state index contributed by atoms with van der Waals surface area (Å²) in [5.74, 6) is 0. The molecule has 8 heteroatoms. The largest absolute Gasteiger partial charge is 0.303 e. The van der Waals surface area contributed by atoms with Crippen LogP contribution in [0.25, 0.3) is 0 Å². The van der Waals surface area contributed by atoms with E-state index in [1.165, 1.54) is 6.07 Å². The van der Waals surface area contributed by atoms with Crippen molar-refractivity contribution < 1.29 is 13.3 Å². The molecule has 0 N–H and O–H groups in total. The molecular weight excluding hydrogens is 310 g/mol. The molecule has 5 nitrogen and oxygen atoms in total. The van der Waals surface area contributed by atoms with E-state index in [2.05, 4.69) is 15.9 Å². The normalized spacial score (nSPS) is 11.4. The monoisotopic (exact) mass is 313 g/mol. The lowest BCUT2D eigenvalue weighted by molar-refractivity contribution is -0.388. The van der Waals surface area contributed by atoms with Crippen LogP contribution in [0.2, 0.25) is 0 Å². The molecule has 0 bridgehead atoms. The van der Waals surface area contributed by atoms with Gasteiger partial charge in [0.05, 0.1) is 9.40 Å². The molecule has 0 aliphatic rings. The van der Waals surface area contributed by atoms with E-state index in [0.717, 1.165) is 6.07 Å². The van der Waals surface area contributed by atoms with E-state index in [-0.39, 0.29) is 4.47 Å². The third-order valence-corrected chi connectivity index (χ3v) is 4.07. The molecule has 0 spiro atoms. The predicted octanol–water partition coefficient (Wildman–Crippen LogP) is 2.59. The lowest BCUT2D eigenvalue weighted by Gasteiger charge is -2.03. The van der Waals surface area contributed by atoms with Gasteiger partial charge in [-0.3, -0.25) is 10.1 Å². The van der Waals surface area contributed by atoms with Crippen LogP contribution in [0.5, 0.6) is 0 Å². The van der Waals surface area contributed by atoms with E-state index in [0.29, 0.717) is 5.56 Å². The Labute approximate surface area is 98.7 Å². The SMILES string of the molecule is Cc1ccc(S(=O)(=O)Cl)c([N+](=O)[O-])c1Br. The van der Waals surface area contributed by atoms with Crippen molar-refractivity contribution in [3.8, 4) is 0 Å². The lowest BCUT2D eigenvalue weighted by atomic mass is 10.2. The Bertz CT molecular complexity index is 528. The fourth-order valence-corrected chi connectivity index (χ4v) is 2.65. The smallest absolute Gasteiger partial charge is 0.258 e. The third-order valence-electron chi connectivity index (χ3n) is 1.72. The van der Waals surface area contributed by atoms with Gasteiger partial charge in [-0.2, -0.15) is 0 Å². The fraction of sp³-hybridized carbons (Fsp3) is 0.143. The number of halogens is 2. The molecule has 1 rings (SSSR count). The molecule has 0 saturated carbocycles. The Hall–Kier alpha value is -0.660. The Kier molecular flexibility index (Phi) is 3.37. The van der Waals surface area contributed by atoms with Crippen molar-refractivity contribution in [1.82, 2.24) is 0 Å². The first-order valence-electron chi connectivity index (χ1n) is 3.63. The number of benzene rings is 1. The van der Waals surface area contributed by atoms with Crippen LogP contribution < -0.4 is 0 Å². The number of rotatable bonds is 2. The van der Waals surface area contributed by atoms with Crippen LogP contribution in [-0.4, -0.2) is 13.3 Å². The van der Waals surface area contributed by atoms with Crippen molar-refractivity contribution in [3.05, 3.63) is 32.3 Å². The summed E-state index contributed by atoms with van der Waals surface area (Å²) in [6.07, 6.45) is 0. The Morgan fingerprint density at radius 3 is 2.40 bits per heavy atom. The second kappa shape index (κ2) is 4.07. The Morgan fingerprint density at radius 1 is 1.47 bits per heavy atom. The van der Waals surface area contributed by atoms with Crippen molar-refractivity contribution in [1.29, 1.82) is 0 Å². The molecule has 82 valence electrons. The minimum Gasteiger partial charge on any atom is -0.258 e. The first-order chi connectivity index (χ1) is 6.75. The number of hydrogen-bond acceptors (Lipinski definition) is 4. The molecule has 0 unspecified atom stereocenters. The molecule has 1 aromatic rings. The van der Waals surface area contributed by atoms with Gasteiger partial charge >= 0.3 is 5.69 Å².